The number of amides is 2. The molecule has 0 N–H and O–H groups in total. The lowest BCUT2D eigenvalue weighted by atomic mass is 10.1. The van der Waals surface area contributed by atoms with Crippen LogP contribution in [0.25, 0.3) is 6.08 Å². The summed E-state index contributed by atoms with van der Waals surface area (Å²) in [6.07, 6.45) is 1.79. The van der Waals surface area contributed by atoms with E-state index in [1.165, 1.54) is 0 Å². The molecule has 2 amide bonds. The van der Waals surface area contributed by atoms with Gasteiger partial charge in [-0.3, -0.25) is 14.5 Å². The van der Waals surface area contributed by atoms with Gasteiger partial charge in [0.1, 0.15) is 11.5 Å². The van der Waals surface area contributed by atoms with E-state index < -0.39 is 0 Å². The van der Waals surface area contributed by atoms with Crippen molar-refractivity contribution < 1.29 is 14.3 Å². The molecule has 1 fully saturated rings. The minimum atomic E-state index is -0.204. The van der Waals surface area contributed by atoms with Crippen molar-refractivity contribution in [1.82, 2.24) is 4.90 Å². The van der Waals surface area contributed by atoms with E-state index in [1.807, 2.05) is 60.7 Å². The highest BCUT2D eigenvalue weighted by molar-refractivity contribution is 6.33. The first kappa shape index (κ1) is 20.8. The lowest BCUT2D eigenvalue weighted by Crippen LogP contribution is -2.40. The summed E-state index contributed by atoms with van der Waals surface area (Å²) in [6.45, 7) is 2.28. The summed E-state index contributed by atoms with van der Waals surface area (Å²) in [5, 5.41) is 0. The van der Waals surface area contributed by atoms with E-state index in [1.54, 1.807) is 40.1 Å². The van der Waals surface area contributed by atoms with Gasteiger partial charge in [-0.1, -0.05) is 60.7 Å². The Kier molecular flexibility index (Phi) is 5.83. The van der Waals surface area contributed by atoms with Crippen LogP contribution in [0.15, 0.2) is 95.6 Å². The minimum Gasteiger partial charge on any atom is -0.378 e. The summed E-state index contributed by atoms with van der Waals surface area (Å²) in [5.74, 6) is 0.333. The van der Waals surface area contributed by atoms with Gasteiger partial charge in [-0.25, -0.2) is 4.99 Å². The molecule has 33 heavy (non-hydrogen) atoms. The molecule has 0 bridgehead atoms. The van der Waals surface area contributed by atoms with Gasteiger partial charge in [-0.2, -0.15) is 0 Å². The summed E-state index contributed by atoms with van der Waals surface area (Å²) in [4.78, 5) is 34.3. The summed E-state index contributed by atoms with van der Waals surface area (Å²) >= 11 is 0. The Bertz CT molecular complexity index is 1210. The predicted octanol–water partition coefficient (Wildman–Crippen LogP) is 3.99. The normalized spacial score (nSPS) is 17.4. The van der Waals surface area contributed by atoms with Crippen LogP contribution >= 0.6 is 0 Å². The summed E-state index contributed by atoms with van der Waals surface area (Å²) in [6, 6.07) is 26.4. The largest absolute Gasteiger partial charge is 0.378 e. The Hall–Kier alpha value is -4.03. The van der Waals surface area contributed by atoms with Crippen LogP contribution in [0.1, 0.15) is 21.5 Å². The first-order valence-electron chi connectivity index (χ1n) is 10.9. The van der Waals surface area contributed by atoms with Gasteiger partial charge >= 0.3 is 0 Å². The van der Waals surface area contributed by atoms with E-state index in [4.69, 9.17) is 4.74 Å². The molecule has 0 spiro atoms. The van der Waals surface area contributed by atoms with Crippen molar-refractivity contribution in [3.8, 4) is 0 Å². The van der Waals surface area contributed by atoms with E-state index in [0.717, 1.165) is 11.1 Å². The Balaban J connectivity index is 1.48. The van der Waals surface area contributed by atoms with Crippen LogP contribution in [-0.4, -0.2) is 48.9 Å². The standard InChI is InChI=1S/C27H23N3O3/c31-26(29-15-17-33-18-16-29)22-11-13-23(14-12-22)30-25(21-9-5-2-6-10-21)28-24(27(30)32)19-20-7-3-1-4-8-20/h1-14,19H,15-18H2/b24-19+. The molecule has 2 heterocycles. The van der Waals surface area contributed by atoms with Crippen molar-refractivity contribution in [1.29, 1.82) is 0 Å². The van der Waals surface area contributed by atoms with E-state index in [2.05, 4.69) is 4.99 Å². The monoisotopic (exact) mass is 437 g/mol. The lowest BCUT2D eigenvalue weighted by Gasteiger charge is -2.27. The number of aliphatic imine (C=N–C) groups is 1. The Morgan fingerprint density at radius 1 is 0.848 bits per heavy atom. The fourth-order valence-corrected chi connectivity index (χ4v) is 3.95. The zero-order chi connectivity index (χ0) is 22.6. The molecule has 6 heteroatoms. The van der Waals surface area contributed by atoms with Crippen molar-refractivity contribution >= 4 is 29.4 Å². The Morgan fingerprint density at radius 2 is 1.48 bits per heavy atom. The second kappa shape index (κ2) is 9.22. The lowest BCUT2D eigenvalue weighted by molar-refractivity contribution is -0.113. The number of rotatable bonds is 4. The number of anilines is 1. The SMILES string of the molecule is O=C(c1ccc(N2C(=O)/C(=C\c3ccccc3)N=C2c2ccccc2)cc1)N1CCOCC1. The molecule has 2 aliphatic rings. The number of amidine groups is 1. The summed E-state index contributed by atoms with van der Waals surface area (Å²) < 4.78 is 5.33. The number of benzene rings is 3. The predicted molar refractivity (Wildman–Crippen MR) is 128 cm³/mol. The van der Waals surface area contributed by atoms with Crippen LogP contribution in [0.4, 0.5) is 5.69 Å². The van der Waals surface area contributed by atoms with Crippen molar-refractivity contribution in [2.75, 3.05) is 31.2 Å². The van der Waals surface area contributed by atoms with E-state index in [-0.39, 0.29) is 11.8 Å². The number of carbonyl (C=O) groups is 2. The molecule has 5 rings (SSSR count). The highest BCUT2D eigenvalue weighted by Crippen LogP contribution is 2.28. The van der Waals surface area contributed by atoms with E-state index in [9.17, 15) is 9.59 Å². The third kappa shape index (κ3) is 4.33. The van der Waals surface area contributed by atoms with Gasteiger partial charge in [0, 0.05) is 24.2 Å². The highest BCUT2D eigenvalue weighted by atomic mass is 16.5. The first-order chi connectivity index (χ1) is 16.2. The smallest absolute Gasteiger partial charge is 0.282 e. The van der Waals surface area contributed by atoms with Crippen LogP contribution in [0.3, 0.4) is 0 Å². The van der Waals surface area contributed by atoms with Crippen LogP contribution < -0.4 is 4.90 Å². The van der Waals surface area contributed by atoms with Crippen LogP contribution in [-0.2, 0) is 9.53 Å². The van der Waals surface area contributed by atoms with Crippen molar-refractivity contribution in [2.24, 2.45) is 4.99 Å². The molecular formula is C27H23N3O3. The molecule has 0 aliphatic carbocycles. The van der Waals surface area contributed by atoms with Crippen LogP contribution in [0, 0.1) is 0 Å². The van der Waals surface area contributed by atoms with Crippen LogP contribution in [0.2, 0.25) is 0 Å². The second-order valence-electron chi connectivity index (χ2n) is 7.83. The number of nitrogens with zero attached hydrogens (tertiary/aromatic N) is 3. The van der Waals surface area contributed by atoms with Gasteiger partial charge in [-0.15, -0.1) is 0 Å². The average molecular weight is 437 g/mol. The molecule has 164 valence electrons. The molecule has 0 saturated carbocycles. The summed E-state index contributed by atoms with van der Waals surface area (Å²) in [7, 11) is 0. The Labute approximate surface area is 192 Å². The fraction of sp³-hybridized carbons (Fsp3) is 0.148. The van der Waals surface area contributed by atoms with Gasteiger partial charge in [0.15, 0.2) is 0 Å². The third-order valence-corrected chi connectivity index (χ3v) is 5.67. The number of carbonyl (C=O) groups excluding carboxylic acids is 2. The molecule has 2 aliphatic heterocycles. The molecule has 0 radical (unpaired) electrons. The maximum Gasteiger partial charge on any atom is 0.282 e. The molecular weight excluding hydrogens is 414 g/mol. The van der Waals surface area contributed by atoms with Crippen molar-refractivity contribution in [3.05, 3.63) is 107 Å². The van der Waals surface area contributed by atoms with Crippen molar-refractivity contribution in [3.63, 3.8) is 0 Å². The minimum absolute atomic E-state index is 0.0285. The number of morpholine rings is 1. The molecule has 3 aromatic carbocycles. The average Bonchev–Trinajstić information content (AvgIpc) is 3.21. The van der Waals surface area contributed by atoms with Gasteiger partial charge in [-0.05, 0) is 35.9 Å². The van der Waals surface area contributed by atoms with E-state index in [0.29, 0.717) is 49.1 Å². The molecule has 1 saturated heterocycles. The topological polar surface area (TPSA) is 62.2 Å². The summed E-state index contributed by atoms with van der Waals surface area (Å²) in [5.41, 5.74) is 3.37. The number of hydrogen-bond acceptors (Lipinski definition) is 4. The number of hydrogen-bond donors (Lipinski definition) is 0. The molecule has 6 nitrogen and oxygen atoms in total. The molecule has 0 aromatic heterocycles. The second-order valence-corrected chi connectivity index (χ2v) is 7.83. The maximum atomic E-state index is 13.4. The zero-order valence-electron chi connectivity index (χ0n) is 18.1. The van der Waals surface area contributed by atoms with Crippen molar-refractivity contribution in [2.45, 2.75) is 0 Å². The molecule has 3 aromatic rings. The highest BCUT2D eigenvalue weighted by Gasteiger charge is 2.32. The van der Waals surface area contributed by atoms with Gasteiger partial charge in [0.05, 0.1) is 18.9 Å². The van der Waals surface area contributed by atoms with Gasteiger partial charge < -0.3 is 9.64 Å². The maximum absolute atomic E-state index is 13.4. The van der Waals surface area contributed by atoms with E-state index >= 15 is 0 Å². The van der Waals surface area contributed by atoms with Gasteiger partial charge in [0.25, 0.3) is 11.8 Å². The quantitative estimate of drug-likeness (QED) is 0.580. The fourth-order valence-electron chi connectivity index (χ4n) is 3.95. The number of ether oxygens (including phenoxy) is 1. The molecule has 0 atom stereocenters. The third-order valence-electron chi connectivity index (χ3n) is 5.67. The van der Waals surface area contributed by atoms with Gasteiger partial charge in [0.2, 0.25) is 0 Å². The zero-order valence-corrected chi connectivity index (χ0v) is 18.1. The van der Waals surface area contributed by atoms with Crippen LogP contribution in [0.5, 0.6) is 0 Å². The molecule has 0 unspecified atom stereocenters. The Morgan fingerprint density at radius 3 is 2.15 bits per heavy atom. The first-order valence-corrected chi connectivity index (χ1v) is 10.9.